The van der Waals surface area contributed by atoms with Crippen LogP contribution in [0.25, 0.3) is 0 Å². The Hall–Kier alpha value is -2.04. The average molecular weight is 251 g/mol. The molecule has 0 aromatic heterocycles. The number of carboxylic acids is 1. The van der Waals surface area contributed by atoms with E-state index in [9.17, 15) is 14.7 Å². The van der Waals surface area contributed by atoms with Crippen LogP contribution in [-0.4, -0.2) is 29.6 Å². The fourth-order valence-electron chi connectivity index (χ4n) is 1.79. The third-order valence-electron chi connectivity index (χ3n) is 2.66. The normalized spacial score (nSPS) is 13.5. The zero-order valence-corrected chi connectivity index (χ0v) is 10.7. The molecule has 1 unspecified atom stereocenters. The van der Waals surface area contributed by atoms with Crippen LogP contribution in [-0.2, 0) is 16.0 Å². The molecule has 1 aromatic rings. The number of nitrogens with one attached hydrogen (secondary N) is 1. The second-order valence-electron chi connectivity index (χ2n) is 4.31. The van der Waals surface area contributed by atoms with Crippen LogP contribution >= 0.6 is 0 Å². The average Bonchev–Trinajstić information content (AvgIpc) is 2.28. The maximum atomic E-state index is 11.3. The molecule has 0 spiro atoms. The second kappa shape index (κ2) is 5.53. The van der Waals surface area contributed by atoms with E-state index in [-0.39, 0.29) is 12.3 Å². The van der Waals surface area contributed by atoms with Gasteiger partial charge in [0.2, 0.25) is 5.91 Å². The lowest BCUT2D eigenvalue weighted by Gasteiger charge is -2.26. The lowest BCUT2D eigenvalue weighted by molar-refractivity contribution is -0.146. The number of ether oxygens (including phenoxy) is 1. The van der Waals surface area contributed by atoms with Gasteiger partial charge in [-0.15, -0.1) is 0 Å². The molecule has 98 valence electrons. The van der Waals surface area contributed by atoms with Crippen molar-refractivity contribution in [3.05, 3.63) is 29.8 Å². The number of hydrogen-bond donors (Lipinski definition) is 2. The van der Waals surface area contributed by atoms with Crippen molar-refractivity contribution in [2.45, 2.75) is 25.8 Å². The first-order valence-corrected chi connectivity index (χ1v) is 5.53. The van der Waals surface area contributed by atoms with Crippen LogP contribution in [0.4, 0.5) is 0 Å². The Morgan fingerprint density at radius 3 is 2.50 bits per heavy atom. The van der Waals surface area contributed by atoms with Gasteiger partial charge in [0.15, 0.2) is 0 Å². The highest BCUT2D eigenvalue weighted by Crippen LogP contribution is 2.23. The van der Waals surface area contributed by atoms with E-state index in [4.69, 9.17) is 4.74 Å². The minimum Gasteiger partial charge on any atom is -0.496 e. The molecule has 1 atom stereocenters. The molecule has 0 bridgehead atoms. The first kappa shape index (κ1) is 14.0. The number of rotatable bonds is 5. The van der Waals surface area contributed by atoms with Gasteiger partial charge in [0.05, 0.1) is 7.11 Å². The summed E-state index contributed by atoms with van der Waals surface area (Å²) in [6.45, 7) is 2.77. The molecular formula is C13H17NO4. The monoisotopic (exact) mass is 251 g/mol. The van der Waals surface area contributed by atoms with Crippen molar-refractivity contribution >= 4 is 11.9 Å². The van der Waals surface area contributed by atoms with Crippen molar-refractivity contribution in [3.8, 4) is 5.75 Å². The van der Waals surface area contributed by atoms with E-state index >= 15 is 0 Å². The molecule has 0 saturated carbocycles. The van der Waals surface area contributed by atoms with Gasteiger partial charge in [0, 0.05) is 13.3 Å². The molecule has 18 heavy (non-hydrogen) atoms. The van der Waals surface area contributed by atoms with E-state index in [0.29, 0.717) is 5.75 Å². The number of carbonyl (C=O) groups excluding carboxylic acids is 1. The lowest BCUT2D eigenvalue weighted by atomic mass is 9.92. The summed E-state index contributed by atoms with van der Waals surface area (Å²) in [4.78, 5) is 22.4. The third kappa shape index (κ3) is 3.23. The van der Waals surface area contributed by atoms with E-state index < -0.39 is 11.5 Å². The van der Waals surface area contributed by atoms with Crippen LogP contribution in [0.15, 0.2) is 24.3 Å². The van der Waals surface area contributed by atoms with Gasteiger partial charge in [0.25, 0.3) is 0 Å². The smallest absolute Gasteiger partial charge is 0.329 e. The number of methoxy groups -OCH3 is 1. The van der Waals surface area contributed by atoms with Crippen molar-refractivity contribution in [2.24, 2.45) is 0 Å². The fraction of sp³-hybridized carbons (Fsp3) is 0.385. The number of aliphatic carboxylic acids is 1. The number of benzene rings is 1. The summed E-state index contributed by atoms with van der Waals surface area (Å²) in [5.74, 6) is -0.853. The second-order valence-corrected chi connectivity index (χ2v) is 4.31. The molecule has 5 heteroatoms. The van der Waals surface area contributed by atoms with Crippen LogP contribution in [0, 0.1) is 0 Å². The largest absolute Gasteiger partial charge is 0.496 e. The van der Waals surface area contributed by atoms with E-state index in [1.807, 2.05) is 0 Å². The Labute approximate surface area is 106 Å². The molecule has 2 N–H and O–H groups in total. The molecule has 0 aliphatic rings. The maximum Gasteiger partial charge on any atom is 0.329 e. The predicted octanol–water partition coefficient (Wildman–Crippen LogP) is 1.22. The van der Waals surface area contributed by atoms with E-state index in [1.54, 1.807) is 24.3 Å². The minimum atomic E-state index is -1.35. The zero-order chi connectivity index (χ0) is 13.8. The van der Waals surface area contributed by atoms with Gasteiger partial charge in [-0.05, 0) is 18.6 Å². The summed E-state index contributed by atoms with van der Waals surface area (Å²) in [5, 5.41) is 11.7. The van der Waals surface area contributed by atoms with Gasteiger partial charge in [0.1, 0.15) is 11.3 Å². The first-order chi connectivity index (χ1) is 8.39. The summed E-state index contributed by atoms with van der Waals surface area (Å²) >= 11 is 0. The third-order valence-corrected chi connectivity index (χ3v) is 2.66. The lowest BCUT2D eigenvalue weighted by Crippen LogP contribution is -2.53. The first-order valence-electron chi connectivity index (χ1n) is 5.53. The van der Waals surface area contributed by atoms with Gasteiger partial charge in [-0.25, -0.2) is 4.79 Å². The van der Waals surface area contributed by atoms with Crippen molar-refractivity contribution in [1.29, 1.82) is 0 Å². The van der Waals surface area contributed by atoms with Crippen LogP contribution < -0.4 is 10.1 Å². The van der Waals surface area contributed by atoms with E-state index in [0.717, 1.165) is 5.56 Å². The molecule has 0 aliphatic carbocycles. The van der Waals surface area contributed by atoms with Gasteiger partial charge in [-0.2, -0.15) is 0 Å². The van der Waals surface area contributed by atoms with Crippen LogP contribution in [0.3, 0.4) is 0 Å². The highest BCUT2D eigenvalue weighted by molar-refractivity contribution is 5.86. The molecule has 0 heterocycles. The zero-order valence-electron chi connectivity index (χ0n) is 10.7. The molecule has 1 amide bonds. The van der Waals surface area contributed by atoms with Gasteiger partial charge < -0.3 is 15.2 Å². The number of hydrogen-bond acceptors (Lipinski definition) is 3. The van der Waals surface area contributed by atoms with Crippen molar-refractivity contribution in [3.63, 3.8) is 0 Å². The maximum absolute atomic E-state index is 11.3. The molecule has 0 aliphatic heterocycles. The Kier molecular flexibility index (Phi) is 4.31. The summed E-state index contributed by atoms with van der Waals surface area (Å²) in [6, 6.07) is 7.14. The molecule has 1 rings (SSSR count). The van der Waals surface area contributed by atoms with E-state index in [2.05, 4.69) is 5.32 Å². The Morgan fingerprint density at radius 1 is 1.39 bits per heavy atom. The Morgan fingerprint density at radius 2 is 2.00 bits per heavy atom. The number of amides is 1. The molecule has 1 aromatic carbocycles. The van der Waals surface area contributed by atoms with Gasteiger partial charge in [-0.3, -0.25) is 4.79 Å². The molecular weight excluding hydrogens is 234 g/mol. The molecule has 0 radical (unpaired) electrons. The number of para-hydroxylation sites is 1. The summed E-state index contributed by atoms with van der Waals surface area (Å²) in [5.41, 5.74) is -0.612. The summed E-state index contributed by atoms with van der Waals surface area (Å²) in [7, 11) is 1.52. The SMILES string of the molecule is COc1ccccc1CC(C)(NC(C)=O)C(=O)O. The highest BCUT2D eigenvalue weighted by Gasteiger charge is 2.34. The summed E-state index contributed by atoms with van der Waals surface area (Å²) in [6.07, 6.45) is 0.159. The molecule has 5 nitrogen and oxygen atoms in total. The highest BCUT2D eigenvalue weighted by atomic mass is 16.5. The van der Waals surface area contributed by atoms with Gasteiger partial charge >= 0.3 is 5.97 Å². The fourth-order valence-corrected chi connectivity index (χ4v) is 1.79. The minimum absolute atomic E-state index is 0.159. The topological polar surface area (TPSA) is 75.6 Å². The molecule has 0 saturated heterocycles. The summed E-state index contributed by atoms with van der Waals surface area (Å²) < 4.78 is 5.17. The van der Waals surface area contributed by atoms with Crippen molar-refractivity contribution < 1.29 is 19.4 Å². The number of carboxylic acid groups (broad SMARTS) is 1. The van der Waals surface area contributed by atoms with Crippen LogP contribution in [0.2, 0.25) is 0 Å². The Bertz CT molecular complexity index is 458. The van der Waals surface area contributed by atoms with Gasteiger partial charge in [-0.1, -0.05) is 18.2 Å². The molecule has 0 fully saturated rings. The Balaban J connectivity index is 3.03. The predicted molar refractivity (Wildman–Crippen MR) is 66.6 cm³/mol. The van der Waals surface area contributed by atoms with Crippen molar-refractivity contribution in [1.82, 2.24) is 5.32 Å². The number of carbonyl (C=O) groups is 2. The standard InChI is InChI=1S/C13H17NO4/c1-9(15)14-13(2,12(16)17)8-10-6-4-5-7-11(10)18-3/h4-7H,8H2,1-3H3,(H,14,15)(H,16,17). The quantitative estimate of drug-likeness (QED) is 0.825. The van der Waals surface area contributed by atoms with Crippen LogP contribution in [0.1, 0.15) is 19.4 Å². The van der Waals surface area contributed by atoms with Crippen LogP contribution in [0.5, 0.6) is 5.75 Å². The van der Waals surface area contributed by atoms with E-state index in [1.165, 1.54) is 21.0 Å². The van der Waals surface area contributed by atoms with Crippen molar-refractivity contribution in [2.75, 3.05) is 7.11 Å².